The highest BCUT2D eigenvalue weighted by atomic mass is 32.2. The molecule has 1 aromatic carbocycles. The van der Waals surface area contributed by atoms with Gasteiger partial charge in [-0.2, -0.15) is 31.4 Å². The van der Waals surface area contributed by atoms with E-state index in [4.69, 9.17) is 9.84 Å². The Balaban J connectivity index is 1.95. The number of hydrogen-bond acceptors (Lipinski definition) is 5. The number of halogens is 6. The zero-order valence-electron chi connectivity index (χ0n) is 17.4. The van der Waals surface area contributed by atoms with Crippen LogP contribution in [0.4, 0.5) is 26.3 Å². The number of ether oxygens (including phenoxy) is 1. The van der Waals surface area contributed by atoms with E-state index in [1.807, 2.05) is 0 Å². The molecule has 0 aliphatic carbocycles. The van der Waals surface area contributed by atoms with Crippen LogP contribution in [0.3, 0.4) is 0 Å². The highest BCUT2D eigenvalue weighted by Crippen LogP contribution is 2.43. The van der Waals surface area contributed by atoms with E-state index in [1.165, 1.54) is 6.92 Å². The van der Waals surface area contributed by atoms with Crippen LogP contribution in [0.15, 0.2) is 35.2 Å². The van der Waals surface area contributed by atoms with Gasteiger partial charge in [0, 0.05) is 19.8 Å². The Morgan fingerprint density at radius 1 is 1.18 bits per heavy atom. The summed E-state index contributed by atoms with van der Waals surface area (Å²) in [6.07, 6.45) is -10.9. The smallest absolute Gasteiger partial charge is 0.396 e. The topological polar surface area (TPSA) is 81.4 Å². The molecule has 0 radical (unpaired) electrons. The van der Waals surface area contributed by atoms with Crippen molar-refractivity contribution in [2.45, 2.75) is 60.8 Å². The molecule has 2 unspecified atom stereocenters. The Hall–Kier alpha value is -2.12. The molecule has 1 aliphatic heterocycles. The SMILES string of the molecule is CC1(S(=O)(=O)c2cccc(C(F)(F)F)c2)CCOC(c2cc(C(F)(F)F)n(CCCO)n2)C1. The summed E-state index contributed by atoms with van der Waals surface area (Å²) in [6, 6.07) is 4.13. The van der Waals surface area contributed by atoms with Crippen molar-refractivity contribution in [2.75, 3.05) is 13.2 Å². The Bertz CT molecular complexity index is 1100. The van der Waals surface area contributed by atoms with Gasteiger partial charge in [-0.25, -0.2) is 8.42 Å². The van der Waals surface area contributed by atoms with E-state index in [1.54, 1.807) is 0 Å². The van der Waals surface area contributed by atoms with E-state index in [9.17, 15) is 34.8 Å². The first-order chi connectivity index (χ1) is 15.2. The van der Waals surface area contributed by atoms with Gasteiger partial charge in [0.05, 0.1) is 20.9 Å². The van der Waals surface area contributed by atoms with Crippen LogP contribution in [0, 0.1) is 0 Å². The van der Waals surface area contributed by atoms with Crippen LogP contribution < -0.4 is 0 Å². The molecule has 0 saturated carbocycles. The quantitative estimate of drug-likeness (QED) is 0.596. The van der Waals surface area contributed by atoms with E-state index in [-0.39, 0.29) is 44.7 Å². The van der Waals surface area contributed by atoms with Gasteiger partial charge in [-0.3, -0.25) is 4.68 Å². The maximum Gasteiger partial charge on any atom is 0.433 e. The molecule has 6 nitrogen and oxygen atoms in total. The molecule has 2 heterocycles. The lowest BCUT2D eigenvalue weighted by Gasteiger charge is -2.37. The van der Waals surface area contributed by atoms with Gasteiger partial charge in [0.15, 0.2) is 9.84 Å². The van der Waals surface area contributed by atoms with Gasteiger partial charge in [0.25, 0.3) is 0 Å². The van der Waals surface area contributed by atoms with Crippen LogP contribution >= 0.6 is 0 Å². The third-order valence-corrected chi connectivity index (χ3v) is 8.18. The van der Waals surface area contributed by atoms with Gasteiger partial charge in [-0.05, 0) is 50.5 Å². The van der Waals surface area contributed by atoms with Crippen LogP contribution in [0.1, 0.15) is 49.2 Å². The molecule has 0 spiro atoms. The van der Waals surface area contributed by atoms with Gasteiger partial charge in [-0.1, -0.05) is 6.07 Å². The van der Waals surface area contributed by atoms with Crippen LogP contribution in [0.5, 0.6) is 0 Å². The van der Waals surface area contributed by atoms with Crippen LogP contribution in [-0.2, 0) is 33.5 Å². The molecular weight excluding hydrogens is 478 g/mol. The van der Waals surface area contributed by atoms with E-state index >= 15 is 0 Å². The lowest BCUT2D eigenvalue weighted by Crippen LogP contribution is -2.42. The molecular formula is C20H22F6N2O4S. The summed E-state index contributed by atoms with van der Waals surface area (Å²) in [4.78, 5) is -0.523. The lowest BCUT2D eigenvalue weighted by atomic mass is 9.95. The predicted molar refractivity (Wildman–Crippen MR) is 104 cm³/mol. The molecule has 1 fully saturated rings. The summed E-state index contributed by atoms with van der Waals surface area (Å²) in [5.41, 5.74) is -2.32. The van der Waals surface area contributed by atoms with Gasteiger partial charge >= 0.3 is 12.4 Å². The summed E-state index contributed by atoms with van der Waals surface area (Å²) in [6.45, 7) is 0.646. The predicted octanol–water partition coefficient (Wildman–Crippen LogP) is 4.39. The van der Waals surface area contributed by atoms with Gasteiger partial charge < -0.3 is 9.84 Å². The number of aryl methyl sites for hydroxylation is 1. The van der Waals surface area contributed by atoms with Crippen molar-refractivity contribution in [3.8, 4) is 0 Å². The zero-order valence-corrected chi connectivity index (χ0v) is 18.3. The van der Waals surface area contributed by atoms with Crippen LogP contribution in [0.2, 0.25) is 0 Å². The fourth-order valence-electron chi connectivity index (χ4n) is 3.74. The van der Waals surface area contributed by atoms with E-state index < -0.39 is 49.2 Å². The number of nitrogens with zero attached hydrogens (tertiary/aromatic N) is 2. The summed E-state index contributed by atoms with van der Waals surface area (Å²) in [5.74, 6) is 0. The van der Waals surface area contributed by atoms with Crippen molar-refractivity contribution in [2.24, 2.45) is 0 Å². The number of hydrogen-bond donors (Lipinski definition) is 1. The van der Waals surface area contributed by atoms with Crippen molar-refractivity contribution in [1.82, 2.24) is 9.78 Å². The average molecular weight is 500 g/mol. The number of sulfone groups is 1. The van der Waals surface area contributed by atoms with Gasteiger partial charge in [-0.15, -0.1) is 0 Å². The van der Waals surface area contributed by atoms with Crippen LogP contribution in [0.25, 0.3) is 0 Å². The molecule has 2 atom stereocenters. The minimum Gasteiger partial charge on any atom is -0.396 e. The number of alkyl halides is 6. The Morgan fingerprint density at radius 3 is 2.48 bits per heavy atom. The third kappa shape index (κ3) is 5.19. The molecule has 1 saturated heterocycles. The van der Waals surface area contributed by atoms with E-state index in [0.29, 0.717) is 10.7 Å². The maximum atomic E-state index is 13.4. The summed E-state index contributed by atoms with van der Waals surface area (Å²) < 4.78 is 111. The van der Waals surface area contributed by atoms with Gasteiger partial charge in [0.1, 0.15) is 11.8 Å². The fourth-order valence-corrected chi connectivity index (χ4v) is 5.57. The highest BCUT2D eigenvalue weighted by Gasteiger charge is 2.47. The zero-order chi connectivity index (χ0) is 24.7. The normalized spacial score (nSPS) is 22.5. The summed E-state index contributed by atoms with van der Waals surface area (Å²) in [5, 5.41) is 12.9. The second kappa shape index (κ2) is 8.91. The van der Waals surface area contributed by atoms with Crippen molar-refractivity contribution in [3.05, 3.63) is 47.3 Å². The Morgan fingerprint density at radius 2 is 1.88 bits per heavy atom. The van der Waals surface area contributed by atoms with Gasteiger partial charge in [0.2, 0.25) is 0 Å². The fraction of sp³-hybridized carbons (Fsp3) is 0.550. The molecule has 1 aliphatic rings. The van der Waals surface area contributed by atoms with E-state index in [0.717, 1.165) is 24.3 Å². The highest BCUT2D eigenvalue weighted by molar-refractivity contribution is 7.92. The van der Waals surface area contributed by atoms with Crippen molar-refractivity contribution >= 4 is 9.84 Å². The molecule has 1 N–H and O–H groups in total. The Kier molecular flexibility index (Phi) is 6.89. The number of rotatable bonds is 6. The molecule has 13 heteroatoms. The Labute approximate surface area is 186 Å². The second-order valence-corrected chi connectivity index (χ2v) is 10.5. The molecule has 33 heavy (non-hydrogen) atoms. The average Bonchev–Trinajstić information content (AvgIpc) is 3.16. The minimum atomic E-state index is -4.74. The molecule has 3 rings (SSSR count). The summed E-state index contributed by atoms with van der Waals surface area (Å²) >= 11 is 0. The molecule has 0 bridgehead atoms. The summed E-state index contributed by atoms with van der Waals surface area (Å²) in [7, 11) is -4.30. The maximum absolute atomic E-state index is 13.4. The number of aliphatic hydroxyl groups is 1. The first kappa shape index (κ1) is 25.5. The molecule has 1 aromatic heterocycles. The van der Waals surface area contributed by atoms with Crippen molar-refractivity contribution in [3.63, 3.8) is 0 Å². The number of aromatic nitrogens is 2. The first-order valence-electron chi connectivity index (χ1n) is 9.98. The first-order valence-corrected chi connectivity index (χ1v) is 11.5. The number of aliphatic hydroxyl groups excluding tert-OH is 1. The second-order valence-electron chi connectivity index (χ2n) is 8.04. The lowest BCUT2D eigenvalue weighted by molar-refractivity contribution is -0.144. The molecule has 0 amide bonds. The van der Waals surface area contributed by atoms with Crippen LogP contribution in [-0.4, -0.2) is 41.3 Å². The standard InChI is InChI=1S/C20H22F6N2O4S/c1-18(33(30,31)14-5-2-4-13(10-14)19(21,22)23)6-9-32-16(12-18)15-11-17(20(24,25)26)28(27-15)7-3-8-29/h2,4-5,10-11,16,29H,3,6-9,12H2,1H3. The van der Waals surface area contributed by atoms with Crippen molar-refractivity contribution < 1.29 is 44.6 Å². The molecule has 2 aromatic rings. The largest absolute Gasteiger partial charge is 0.433 e. The van der Waals surface area contributed by atoms with Crippen molar-refractivity contribution in [1.29, 1.82) is 0 Å². The minimum absolute atomic E-state index is 0.0252. The third-order valence-electron chi connectivity index (χ3n) is 5.63. The number of benzene rings is 1. The molecule has 184 valence electrons. The monoisotopic (exact) mass is 500 g/mol. The van der Waals surface area contributed by atoms with E-state index in [2.05, 4.69) is 5.10 Å².